The number of amides is 2. The zero-order valence-electron chi connectivity index (χ0n) is 25.0. The lowest BCUT2D eigenvalue weighted by Crippen LogP contribution is -2.53. The van der Waals surface area contributed by atoms with Crippen LogP contribution in [-0.4, -0.2) is 50.9 Å². The van der Waals surface area contributed by atoms with E-state index in [1.54, 1.807) is 55.5 Å². The van der Waals surface area contributed by atoms with Gasteiger partial charge in [-0.25, -0.2) is 8.42 Å². The van der Waals surface area contributed by atoms with Crippen molar-refractivity contribution in [2.24, 2.45) is 0 Å². The predicted octanol–water partition coefficient (Wildman–Crippen LogP) is 6.36. The number of benzene rings is 4. The van der Waals surface area contributed by atoms with Crippen LogP contribution in [0.15, 0.2) is 108 Å². The molecule has 45 heavy (non-hydrogen) atoms. The lowest BCUT2D eigenvalue weighted by Gasteiger charge is -2.34. The Bertz CT molecular complexity index is 1690. The van der Waals surface area contributed by atoms with Crippen LogP contribution < -0.4 is 14.4 Å². The van der Waals surface area contributed by atoms with E-state index in [4.69, 9.17) is 27.9 Å². The molecule has 0 saturated carbocycles. The molecular formula is C34H35Cl2N3O5S. The highest BCUT2D eigenvalue weighted by Gasteiger charge is 2.34. The number of halogens is 2. The van der Waals surface area contributed by atoms with Gasteiger partial charge in [0.15, 0.2) is 0 Å². The largest absolute Gasteiger partial charge is 0.494 e. The fourth-order valence-corrected chi connectivity index (χ4v) is 6.57. The Balaban J connectivity index is 1.79. The molecule has 11 heteroatoms. The van der Waals surface area contributed by atoms with Crippen LogP contribution in [0.5, 0.6) is 5.75 Å². The average molecular weight is 669 g/mol. The second-order valence-corrected chi connectivity index (χ2v) is 12.9. The molecule has 1 atom stereocenters. The van der Waals surface area contributed by atoms with Crippen molar-refractivity contribution in [2.75, 3.05) is 24.0 Å². The highest BCUT2D eigenvalue weighted by atomic mass is 35.5. The van der Waals surface area contributed by atoms with Crippen LogP contribution in [0.25, 0.3) is 0 Å². The van der Waals surface area contributed by atoms with E-state index in [1.807, 2.05) is 37.3 Å². The van der Waals surface area contributed by atoms with Crippen LogP contribution in [0.4, 0.5) is 5.69 Å². The third-order valence-corrected chi connectivity index (χ3v) is 9.26. The number of anilines is 1. The number of nitrogens with one attached hydrogen (secondary N) is 1. The lowest BCUT2D eigenvalue weighted by molar-refractivity contribution is -0.140. The van der Waals surface area contributed by atoms with E-state index in [2.05, 4.69) is 5.32 Å². The van der Waals surface area contributed by atoms with Gasteiger partial charge in [0.25, 0.3) is 10.0 Å². The van der Waals surface area contributed by atoms with Gasteiger partial charge in [-0.2, -0.15) is 0 Å². The van der Waals surface area contributed by atoms with Crippen LogP contribution in [0.1, 0.15) is 25.0 Å². The molecule has 0 saturated heterocycles. The summed E-state index contributed by atoms with van der Waals surface area (Å²) < 4.78 is 34.8. The standard InChI is InChI=1S/C34H35Cl2N3O5S/c1-3-37-34(41)32(22-25-9-6-5-7-10-25)38(23-26-11-8-12-28(36)21-26)33(40)24-39(29-15-17-30(18-16-29)44-4-2)45(42,43)31-19-13-27(35)14-20-31/h5-21,32H,3-4,22-24H2,1-2H3,(H,37,41)/t32-/m1/s1. The van der Waals surface area contributed by atoms with Gasteiger partial charge in [0.1, 0.15) is 18.3 Å². The Hall–Kier alpha value is -4.05. The summed E-state index contributed by atoms with van der Waals surface area (Å²) in [5, 5.41) is 3.69. The molecule has 2 amide bonds. The molecule has 0 aliphatic heterocycles. The van der Waals surface area contributed by atoms with Crippen LogP contribution >= 0.6 is 23.2 Å². The number of carbonyl (C=O) groups excluding carboxylic acids is 2. The average Bonchev–Trinajstić information content (AvgIpc) is 3.03. The predicted molar refractivity (Wildman–Crippen MR) is 178 cm³/mol. The first-order valence-electron chi connectivity index (χ1n) is 14.5. The maximum absolute atomic E-state index is 14.4. The minimum Gasteiger partial charge on any atom is -0.494 e. The fourth-order valence-electron chi connectivity index (χ4n) is 4.82. The number of sulfonamides is 1. The molecule has 0 aromatic heterocycles. The number of rotatable bonds is 14. The Labute approximate surface area is 274 Å². The van der Waals surface area contributed by atoms with Gasteiger partial charge in [-0.15, -0.1) is 0 Å². The van der Waals surface area contributed by atoms with Gasteiger partial charge in [0.05, 0.1) is 17.2 Å². The summed E-state index contributed by atoms with van der Waals surface area (Å²) in [4.78, 5) is 29.4. The molecule has 8 nitrogen and oxygen atoms in total. The first kappa shape index (κ1) is 33.8. The van der Waals surface area contributed by atoms with Crippen LogP contribution in [0.3, 0.4) is 0 Å². The molecule has 0 bridgehead atoms. The zero-order chi connectivity index (χ0) is 32.4. The van der Waals surface area contributed by atoms with Gasteiger partial charge < -0.3 is 15.0 Å². The van der Waals surface area contributed by atoms with Gasteiger partial charge >= 0.3 is 0 Å². The van der Waals surface area contributed by atoms with Gasteiger partial charge in [-0.3, -0.25) is 13.9 Å². The second-order valence-electron chi connectivity index (χ2n) is 10.1. The number of ether oxygens (including phenoxy) is 1. The summed E-state index contributed by atoms with van der Waals surface area (Å²) >= 11 is 12.3. The summed E-state index contributed by atoms with van der Waals surface area (Å²) in [6.07, 6.45) is 0.214. The summed E-state index contributed by atoms with van der Waals surface area (Å²) in [6, 6.07) is 27.6. The molecule has 4 aromatic carbocycles. The third-order valence-electron chi connectivity index (χ3n) is 6.98. The first-order chi connectivity index (χ1) is 21.6. The van der Waals surface area contributed by atoms with E-state index >= 15 is 0 Å². The summed E-state index contributed by atoms with van der Waals surface area (Å²) in [5.74, 6) is -0.378. The van der Waals surface area contributed by atoms with E-state index < -0.39 is 28.5 Å². The van der Waals surface area contributed by atoms with E-state index in [9.17, 15) is 18.0 Å². The minimum absolute atomic E-state index is 0.0200. The zero-order valence-corrected chi connectivity index (χ0v) is 27.4. The Morgan fingerprint density at radius 1 is 0.822 bits per heavy atom. The molecule has 236 valence electrons. The molecule has 0 unspecified atom stereocenters. The maximum atomic E-state index is 14.4. The van der Waals surface area contributed by atoms with Crippen molar-refractivity contribution in [3.8, 4) is 5.75 Å². The second kappa shape index (κ2) is 15.8. The highest BCUT2D eigenvalue weighted by Crippen LogP contribution is 2.28. The van der Waals surface area contributed by atoms with Gasteiger partial charge in [-0.1, -0.05) is 65.7 Å². The van der Waals surface area contributed by atoms with Crippen molar-refractivity contribution in [2.45, 2.75) is 37.8 Å². The number of hydrogen-bond acceptors (Lipinski definition) is 5. The minimum atomic E-state index is -4.25. The lowest BCUT2D eigenvalue weighted by atomic mass is 10.0. The number of carbonyl (C=O) groups is 2. The van der Waals surface area contributed by atoms with Crippen LogP contribution in [0.2, 0.25) is 10.0 Å². The topological polar surface area (TPSA) is 96.0 Å². The number of likely N-dealkylation sites (N-methyl/N-ethyl adjacent to an activating group) is 1. The van der Waals surface area contributed by atoms with Crippen molar-refractivity contribution >= 4 is 50.7 Å². The van der Waals surface area contributed by atoms with Gasteiger partial charge in [0, 0.05) is 29.6 Å². The molecule has 0 radical (unpaired) electrons. The quantitative estimate of drug-likeness (QED) is 0.169. The summed E-state index contributed by atoms with van der Waals surface area (Å²) in [7, 11) is -4.25. The molecule has 0 spiro atoms. The molecule has 0 aliphatic rings. The molecule has 1 N–H and O–H groups in total. The van der Waals surface area contributed by atoms with Crippen molar-refractivity contribution in [1.82, 2.24) is 10.2 Å². The van der Waals surface area contributed by atoms with Crippen molar-refractivity contribution < 1.29 is 22.7 Å². The van der Waals surface area contributed by atoms with E-state index in [1.165, 1.54) is 29.2 Å². The molecule has 0 heterocycles. The molecular weight excluding hydrogens is 633 g/mol. The van der Waals surface area contributed by atoms with E-state index in [-0.39, 0.29) is 29.5 Å². The number of nitrogens with zero attached hydrogens (tertiary/aromatic N) is 2. The summed E-state index contributed by atoms with van der Waals surface area (Å²) in [5.41, 5.74) is 1.78. The third kappa shape index (κ3) is 9.00. The smallest absolute Gasteiger partial charge is 0.264 e. The maximum Gasteiger partial charge on any atom is 0.264 e. The molecule has 0 aliphatic carbocycles. The van der Waals surface area contributed by atoms with Crippen molar-refractivity contribution in [3.05, 3.63) is 124 Å². The Morgan fingerprint density at radius 3 is 2.11 bits per heavy atom. The monoisotopic (exact) mass is 667 g/mol. The normalized spacial score (nSPS) is 11.8. The van der Waals surface area contributed by atoms with Gasteiger partial charge in [0.2, 0.25) is 11.8 Å². The van der Waals surface area contributed by atoms with Crippen LogP contribution in [-0.2, 0) is 32.6 Å². The van der Waals surface area contributed by atoms with E-state index in [0.717, 1.165) is 9.87 Å². The first-order valence-corrected chi connectivity index (χ1v) is 16.7. The molecule has 0 fully saturated rings. The Kier molecular flexibility index (Phi) is 11.9. The van der Waals surface area contributed by atoms with Gasteiger partial charge in [-0.05, 0) is 85.6 Å². The SMILES string of the molecule is CCNC(=O)[C@@H](Cc1ccccc1)N(Cc1cccc(Cl)c1)C(=O)CN(c1ccc(OCC)cc1)S(=O)(=O)c1ccc(Cl)cc1. The molecule has 4 rings (SSSR count). The van der Waals surface area contributed by atoms with Crippen LogP contribution in [0, 0.1) is 0 Å². The van der Waals surface area contributed by atoms with Crippen molar-refractivity contribution in [3.63, 3.8) is 0 Å². The number of hydrogen-bond donors (Lipinski definition) is 1. The van der Waals surface area contributed by atoms with Crippen molar-refractivity contribution in [1.29, 1.82) is 0 Å². The van der Waals surface area contributed by atoms with E-state index in [0.29, 0.717) is 34.5 Å². The molecule has 4 aromatic rings. The highest BCUT2D eigenvalue weighted by molar-refractivity contribution is 7.92. The summed E-state index contributed by atoms with van der Waals surface area (Å²) in [6.45, 7) is 3.88. The Morgan fingerprint density at radius 2 is 1.49 bits per heavy atom. The fraction of sp³-hybridized carbons (Fsp3) is 0.235.